The summed E-state index contributed by atoms with van der Waals surface area (Å²) in [5.41, 5.74) is 6.73. The van der Waals surface area contributed by atoms with Gasteiger partial charge in [-0.3, -0.25) is 10.1 Å². The molecule has 0 fully saturated rings. The Morgan fingerprint density at radius 2 is 2.24 bits per heavy atom. The Hall–Kier alpha value is -1.82. The van der Waals surface area contributed by atoms with Crippen molar-refractivity contribution < 1.29 is 9.66 Å². The Morgan fingerprint density at radius 3 is 2.76 bits per heavy atom. The summed E-state index contributed by atoms with van der Waals surface area (Å²) in [6.45, 7) is 5.09. The molecule has 6 nitrogen and oxygen atoms in total. The average molecular weight is 239 g/mol. The van der Waals surface area contributed by atoms with Crippen LogP contribution in [0.15, 0.2) is 18.2 Å². The zero-order chi connectivity index (χ0) is 12.8. The minimum atomic E-state index is -0.470. The molecule has 1 aromatic rings. The number of ether oxygens (including phenoxy) is 1. The Kier molecular flexibility index (Phi) is 4.71. The first-order valence-corrected chi connectivity index (χ1v) is 5.40. The largest absolute Gasteiger partial charge is 0.397 e. The van der Waals surface area contributed by atoms with E-state index in [1.807, 2.05) is 13.8 Å². The van der Waals surface area contributed by atoms with Crippen molar-refractivity contribution in [2.24, 2.45) is 0 Å². The lowest BCUT2D eigenvalue weighted by Crippen LogP contribution is -2.13. The normalized spacial score (nSPS) is 10.5. The fourth-order valence-corrected chi connectivity index (χ4v) is 1.31. The number of anilines is 2. The van der Waals surface area contributed by atoms with Gasteiger partial charge in [-0.25, -0.2) is 0 Å². The smallest absolute Gasteiger partial charge is 0.271 e. The van der Waals surface area contributed by atoms with Crippen molar-refractivity contribution in [2.75, 3.05) is 24.2 Å². The van der Waals surface area contributed by atoms with E-state index in [1.165, 1.54) is 12.1 Å². The molecule has 0 saturated heterocycles. The van der Waals surface area contributed by atoms with Gasteiger partial charge in [0, 0.05) is 18.7 Å². The predicted molar refractivity (Wildman–Crippen MR) is 67.1 cm³/mol. The first-order chi connectivity index (χ1) is 8.00. The summed E-state index contributed by atoms with van der Waals surface area (Å²) in [7, 11) is 0. The second-order valence-corrected chi connectivity index (χ2v) is 3.87. The molecule has 0 spiro atoms. The fraction of sp³-hybridized carbons (Fsp3) is 0.455. The Morgan fingerprint density at radius 1 is 1.53 bits per heavy atom. The number of nitro groups is 1. The molecule has 1 rings (SSSR count). The van der Waals surface area contributed by atoms with E-state index < -0.39 is 4.92 Å². The minimum absolute atomic E-state index is 0.00789. The summed E-state index contributed by atoms with van der Waals surface area (Å²) in [6.07, 6.45) is 0.186. The van der Waals surface area contributed by atoms with E-state index in [-0.39, 0.29) is 11.8 Å². The van der Waals surface area contributed by atoms with Crippen LogP contribution >= 0.6 is 0 Å². The monoisotopic (exact) mass is 239 g/mol. The van der Waals surface area contributed by atoms with Crippen molar-refractivity contribution in [1.82, 2.24) is 0 Å². The first-order valence-electron chi connectivity index (χ1n) is 5.40. The van der Waals surface area contributed by atoms with Gasteiger partial charge in [-0.05, 0) is 19.9 Å². The van der Waals surface area contributed by atoms with Crippen LogP contribution in [-0.2, 0) is 4.74 Å². The summed E-state index contributed by atoms with van der Waals surface area (Å²) in [4.78, 5) is 10.0. The fourth-order valence-electron chi connectivity index (χ4n) is 1.31. The number of nitrogens with zero attached hydrogens (tertiary/aromatic N) is 1. The van der Waals surface area contributed by atoms with Gasteiger partial charge < -0.3 is 15.8 Å². The van der Waals surface area contributed by atoms with Crippen molar-refractivity contribution >= 4 is 17.1 Å². The Bertz CT molecular complexity index is 394. The van der Waals surface area contributed by atoms with Crippen molar-refractivity contribution in [2.45, 2.75) is 20.0 Å². The average Bonchev–Trinajstić information content (AvgIpc) is 2.25. The van der Waals surface area contributed by atoms with Crippen LogP contribution in [0.1, 0.15) is 13.8 Å². The van der Waals surface area contributed by atoms with Gasteiger partial charge in [-0.15, -0.1) is 0 Å². The number of benzene rings is 1. The molecular formula is C11H17N3O3. The summed E-state index contributed by atoms with van der Waals surface area (Å²) in [5.74, 6) is 0. The van der Waals surface area contributed by atoms with Crippen LogP contribution < -0.4 is 11.1 Å². The lowest BCUT2D eigenvalue weighted by molar-refractivity contribution is -0.384. The van der Waals surface area contributed by atoms with Crippen LogP contribution in [0.5, 0.6) is 0 Å². The molecule has 0 saturated carbocycles. The maximum absolute atomic E-state index is 10.5. The van der Waals surface area contributed by atoms with Crippen LogP contribution in [0.3, 0.4) is 0 Å². The van der Waals surface area contributed by atoms with E-state index in [4.69, 9.17) is 10.5 Å². The van der Waals surface area contributed by atoms with Gasteiger partial charge in [0.05, 0.1) is 29.0 Å². The molecule has 0 aliphatic heterocycles. The van der Waals surface area contributed by atoms with E-state index in [2.05, 4.69) is 5.32 Å². The molecule has 0 unspecified atom stereocenters. The van der Waals surface area contributed by atoms with Crippen LogP contribution in [0.2, 0.25) is 0 Å². The molecule has 6 heteroatoms. The molecule has 0 aromatic heterocycles. The summed E-state index contributed by atoms with van der Waals surface area (Å²) in [6, 6.07) is 4.36. The van der Waals surface area contributed by atoms with Gasteiger partial charge in [0.15, 0.2) is 0 Å². The summed E-state index contributed by atoms with van der Waals surface area (Å²) in [5, 5.41) is 13.6. The topological polar surface area (TPSA) is 90.4 Å². The van der Waals surface area contributed by atoms with Gasteiger partial charge >= 0.3 is 0 Å². The first kappa shape index (κ1) is 13.2. The molecule has 0 aliphatic rings. The maximum Gasteiger partial charge on any atom is 0.271 e. The lowest BCUT2D eigenvalue weighted by atomic mass is 10.2. The number of hydrogen-bond acceptors (Lipinski definition) is 5. The van der Waals surface area contributed by atoms with E-state index in [1.54, 1.807) is 6.07 Å². The quantitative estimate of drug-likeness (QED) is 0.343. The third-order valence-electron chi connectivity index (χ3n) is 2.11. The van der Waals surface area contributed by atoms with Crippen molar-refractivity contribution in [3.05, 3.63) is 28.3 Å². The Balaban J connectivity index is 2.52. The van der Waals surface area contributed by atoms with E-state index >= 15 is 0 Å². The third-order valence-corrected chi connectivity index (χ3v) is 2.11. The minimum Gasteiger partial charge on any atom is -0.397 e. The van der Waals surface area contributed by atoms with Crippen LogP contribution in [-0.4, -0.2) is 24.2 Å². The van der Waals surface area contributed by atoms with Crippen LogP contribution in [0, 0.1) is 10.1 Å². The molecular weight excluding hydrogens is 222 g/mol. The number of non-ortho nitro benzene ring substituents is 1. The number of nitrogens with two attached hydrogens (primary N) is 1. The number of rotatable bonds is 6. The maximum atomic E-state index is 10.5. The number of nitrogens with one attached hydrogen (secondary N) is 1. The van der Waals surface area contributed by atoms with Gasteiger partial charge in [0.1, 0.15) is 0 Å². The molecule has 0 amide bonds. The van der Waals surface area contributed by atoms with E-state index in [9.17, 15) is 10.1 Å². The zero-order valence-corrected chi connectivity index (χ0v) is 9.97. The molecule has 3 N–H and O–H groups in total. The van der Waals surface area contributed by atoms with Crippen LogP contribution in [0.4, 0.5) is 17.1 Å². The van der Waals surface area contributed by atoms with Crippen LogP contribution in [0.25, 0.3) is 0 Å². The highest BCUT2D eigenvalue weighted by atomic mass is 16.6. The van der Waals surface area contributed by atoms with Gasteiger partial charge in [-0.2, -0.15) is 0 Å². The SMILES string of the molecule is CC(C)OCCNc1ccc([N+](=O)[O-])cc1N. The van der Waals surface area contributed by atoms with Crippen molar-refractivity contribution in [3.8, 4) is 0 Å². The van der Waals surface area contributed by atoms with Gasteiger partial charge in [0.2, 0.25) is 0 Å². The van der Waals surface area contributed by atoms with Gasteiger partial charge in [-0.1, -0.05) is 0 Å². The summed E-state index contributed by atoms with van der Waals surface area (Å²) >= 11 is 0. The second-order valence-electron chi connectivity index (χ2n) is 3.87. The van der Waals surface area contributed by atoms with Gasteiger partial charge in [0.25, 0.3) is 5.69 Å². The number of nitrogen functional groups attached to an aromatic ring is 1. The molecule has 0 heterocycles. The lowest BCUT2D eigenvalue weighted by Gasteiger charge is -2.11. The Labute approximate surface area is 99.9 Å². The number of hydrogen-bond donors (Lipinski definition) is 2. The zero-order valence-electron chi connectivity index (χ0n) is 9.97. The van der Waals surface area contributed by atoms with Crippen molar-refractivity contribution in [3.63, 3.8) is 0 Å². The predicted octanol–water partition coefficient (Wildman–Crippen LogP) is 2.01. The standard InChI is InChI=1S/C11H17N3O3/c1-8(2)17-6-5-13-11-4-3-9(14(15)16)7-10(11)12/h3-4,7-8,13H,5-6,12H2,1-2H3. The highest BCUT2D eigenvalue weighted by Crippen LogP contribution is 2.23. The van der Waals surface area contributed by atoms with E-state index in [0.717, 1.165) is 0 Å². The highest BCUT2D eigenvalue weighted by Gasteiger charge is 2.08. The summed E-state index contributed by atoms with van der Waals surface area (Å²) < 4.78 is 5.35. The molecule has 1 aromatic carbocycles. The molecule has 0 radical (unpaired) electrons. The molecule has 17 heavy (non-hydrogen) atoms. The molecule has 0 bridgehead atoms. The highest BCUT2D eigenvalue weighted by molar-refractivity contribution is 5.69. The number of nitro benzene ring substituents is 1. The molecule has 0 atom stereocenters. The molecule has 0 aliphatic carbocycles. The molecule has 94 valence electrons. The second kappa shape index (κ2) is 6.05. The third kappa shape index (κ3) is 4.28. The van der Waals surface area contributed by atoms with Crippen molar-refractivity contribution in [1.29, 1.82) is 0 Å². The van der Waals surface area contributed by atoms with E-state index in [0.29, 0.717) is 24.5 Å².